The summed E-state index contributed by atoms with van der Waals surface area (Å²) in [5.74, 6) is -1.82. The van der Waals surface area contributed by atoms with Gasteiger partial charge in [-0.1, -0.05) is 0 Å². The lowest BCUT2D eigenvalue weighted by Gasteiger charge is -2.23. The summed E-state index contributed by atoms with van der Waals surface area (Å²) in [7, 11) is 0. The van der Waals surface area contributed by atoms with Gasteiger partial charge in [-0.25, -0.2) is 4.79 Å². The van der Waals surface area contributed by atoms with E-state index in [2.05, 4.69) is 10.6 Å². The molecule has 21 heavy (non-hydrogen) atoms. The molecule has 0 saturated carbocycles. The van der Waals surface area contributed by atoms with Gasteiger partial charge in [-0.05, 0) is 39.8 Å². The highest BCUT2D eigenvalue weighted by Gasteiger charge is 2.21. The van der Waals surface area contributed by atoms with Gasteiger partial charge in [0, 0.05) is 11.7 Å². The molecule has 0 aliphatic heterocycles. The normalized spacial score (nSPS) is 12.6. The van der Waals surface area contributed by atoms with Crippen LogP contribution >= 0.6 is 0 Å². The number of carboxylic acid groups (broad SMARTS) is 1. The quantitative estimate of drug-likeness (QED) is 0.740. The van der Waals surface area contributed by atoms with E-state index in [0.717, 1.165) is 0 Å². The SMILES string of the molecule is CC(NC(=O)Cn1cccc1C(=O)O)C(=O)NC(C)(C)C. The molecule has 7 heteroatoms. The van der Waals surface area contributed by atoms with Crippen LogP contribution in [0.4, 0.5) is 0 Å². The van der Waals surface area contributed by atoms with Gasteiger partial charge >= 0.3 is 5.97 Å². The van der Waals surface area contributed by atoms with Crippen molar-refractivity contribution in [1.29, 1.82) is 0 Å². The third kappa shape index (κ3) is 5.29. The van der Waals surface area contributed by atoms with Crippen molar-refractivity contribution in [3.8, 4) is 0 Å². The summed E-state index contributed by atoms with van der Waals surface area (Å²) in [4.78, 5) is 34.6. The lowest BCUT2D eigenvalue weighted by Crippen LogP contribution is -2.51. The Morgan fingerprint density at radius 1 is 1.33 bits per heavy atom. The van der Waals surface area contributed by atoms with Gasteiger partial charge in [0.15, 0.2) is 0 Å². The number of hydrogen-bond donors (Lipinski definition) is 3. The first kappa shape index (κ1) is 16.7. The third-order valence-electron chi connectivity index (χ3n) is 2.63. The highest BCUT2D eigenvalue weighted by atomic mass is 16.4. The molecule has 1 aromatic rings. The number of carbonyl (C=O) groups is 3. The zero-order valence-electron chi connectivity index (χ0n) is 12.6. The van der Waals surface area contributed by atoms with Crippen molar-refractivity contribution in [1.82, 2.24) is 15.2 Å². The van der Waals surface area contributed by atoms with Crippen molar-refractivity contribution in [2.24, 2.45) is 0 Å². The molecule has 1 heterocycles. The minimum Gasteiger partial charge on any atom is -0.477 e. The Labute approximate surface area is 123 Å². The minimum atomic E-state index is -1.11. The fourth-order valence-corrected chi connectivity index (χ4v) is 1.73. The van der Waals surface area contributed by atoms with Crippen LogP contribution in [0.25, 0.3) is 0 Å². The number of nitrogens with zero attached hydrogens (tertiary/aromatic N) is 1. The van der Waals surface area contributed by atoms with E-state index in [9.17, 15) is 14.4 Å². The van der Waals surface area contributed by atoms with Crippen molar-refractivity contribution in [3.05, 3.63) is 24.0 Å². The largest absolute Gasteiger partial charge is 0.477 e. The summed E-state index contributed by atoms with van der Waals surface area (Å²) in [5, 5.41) is 14.2. The molecule has 0 fully saturated rings. The van der Waals surface area contributed by atoms with Crippen LogP contribution in [0, 0.1) is 0 Å². The molecule has 3 N–H and O–H groups in total. The lowest BCUT2D eigenvalue weighted by atomic mass is 10.1. The molecule has 0 aromatic carbocycles. The first-order valence-corrected chi connectivity index (χ1v) is 6.60. The van der Waals surface area contributed by atoms with E-state index >= 15 is 0 Å². The summed E-state index contributed by atoms with van der Waals surface area (Å²) in [6.07, 6.45) is 1.50. The molecule has 0 aliphatic carbocycles. The Hall–Kier alpha value is -2.31. The van der Waals surface area contributed by atoms with Gasteiger partial charge in [0.25, 0.3) is 0 Å². The summed E-state index contributed by atoms with van der Waals surface area (Å²) in [5.41, 5.74) is -0.357. The van der Waals surface area contributed by atoms with Gasteiger partial charge in [-0.15, -0.1) is 0 Å². The first-order chi connectivity index (χ1) is 9.60. The Morgan fingerprint density at radius 3 is 2.48 bits per heavy atom. The Morgan fingerprint density at radius 2 is 1.95 bits per heavy atom. The molecule has 1 atom stereocenters. The monoisotopic (exact) mass is 295 g/mol. The van der Waals surface area contributed by atoms with Gasteiger partial charge in [0.05, 0.1) is 0 Å². The van der Waals surface area contributed by atoms with E-state index in [0.29, 0.717) is 0 Å². The highest BCUT2D eigenvalue weighted by molar-refractivity contribution is 5.89. The number of aromatic carboxylic acids is 1. The van der Waals surface area contributed by atoms with Gasteiger partial charge in [-0.3, -0.25) is 9.59 Å². The molecule has 0 spiro atoms. The van der Waals surface area contributed by atoms with Crippen LogP contribution in [0.15, 0.2) is 18.3 Å². The summed E-state index contributed by atoms with van der Waals surface area (Å²) in [6.45, 7) is 6.96. The third-order valence-corrected chi connectivity index (χ3v) is 2.63. The van der Waals surface area contributed by atoms with Gasteiger partial charge < -0.3 is 20.3 Å². The van der Waals surface area contributed by atoms with E-state index in [1.807, 2.05) is 20.8 Å². The summed E-state index contributed by atoms with van der Waals surface area (Å²) >= 11 is 0. The highest BCUT2D eigenvalue weighted by Crippen LogP contribution is 2.03. The summed E-state index contributed by atoms with van der Waals surface area (Å²) < 4.78 is 1.31. The van der Waals surface area contributed by atoms with Crippen LogP contribution in [0.1, 0.15) is 38.2 Å². The zero-order valence-corrected chi connectivity index (χ0v) is 12.6. The fourth-order valence-electron chi connectivity index (χ4n) is 1.73. The maximum absolute atomic E-state index is 11.9. The molecule has 1 rings (SSSR count). The van der Waals surface area contributed by atoms with E-state index in [1.54, 1.807) is 13.0 Å². The number of rotatable bonds is 5. The Bertz CT molecular complexity index is 543. The van der Waals surface area contributed by atoms with E-state index < -0.39 is 17.9 Å². The van der Waals surface area contributed by atoms with Crippen LogP contribution in [0.3, 0.4) is 0 Å². The number of amides is 2. The van der Waals surface area contributed by atoms with Crippen molar-refractivity contribution in [2.45, 2.75) is 45.8 Å². The van der Waals surface area contributed by atoms with Gasteiger partial charge in [-0.2, -0.15) is 0 Å². The van der Waals surface area contributed by atoms with Crippen LogP contribution in [0.2, 0.25) is 0 Å². The fraction of sp³-hybridized carbons (Fsp3) is 0.500. The average molecular weight is 295 g/mol. The van der Waals surface area contributed by atoms with Crippen LogP contribution in [-0.2, 0) is 16.1 Å². The van der Waals surface area contributed by atoms with Crippen molar-refractivity contribution in [2.75, 3.05) is 0 Å². The van der Waals surface area contributed by atoms with Gasteiger partial charge in [0.1, 0.15) is 18.3 Å². The Balaban J connectivity index is 2.59. The summed E-state index contributed by atoms with van der Waals surface area (Å²) in [6, 6.07) is 2.26. The van der Waals surface area contributed by atoms with E-state index in [-0.39, 0.29) is 23.7 Å². The van der Waals surface area contributed by atoms with Crippen LogP contribution in [0.5, 0.6) is 0 Å². The lowest BCUT2D eigenvalue weighted by molar-refractivity contribution is -0.129. The molecule has 116 valence electrons. The number of hydrogen-bond acceptors (Lipinski definition) is 3. The average Bonchev–Trinajstić information content (AvgIpc) is 2.74. The molecule has 2 amide bonds. The second-order valence-electron chi connectivity index (χ2n) is 5.85. The first-order valence-electron chi connectivity index (χ1n) is 6.60. The molecule has 0 bridgehead atoms. The van der Waals surface area contributed by atoms with Gasteiger partial charge in [0.2, 0.25) is 11.8 Å². The van der Waals surface area contributed by atoms with Crippen molar-refractivity contribution >= 4 is 17.8 Å². The molecule has 1 aromatic heterocycles. The predicted octanol–water partition coefficient (Wildman–Crippen LogP) is 0.606. The number of carboxylic acids is 1. The Kier molecular flexibility index (Phi) is 5.12. The van der Waals surface area contributed by atoms with E-state index in [1.165, 1.54) is 16.8 Å². The van der Waals surface area contributed by atoms with Crippen molar-refractivity contribution in [3.63, 3.8) is 0 Å². The van der Waals surface area contributed by atoms with E-state index in [4.69, 9.17) is 5.11 Å². The molecule has 7 nitrogen and oxygen atoms in total. The molecule has 1 unspecified atom stereocenters. The maximum Gasteiger partial charge on any atom is 0.352 e. The molecule has 0 radical (unpaired) electrons. The topological polar surface area (TPSA) is 100 Å². The zero-order chi connectivity index (χ0) is 16.2. The molecular weight excluding hydrogens is 274 g/mol. The van der Waals surface area contributed by atoms with Crippen LogP contribution in [-0.4, -0.2) is 39.0 Å². The maximum atomic E-state index is 11.9. The molecular formula is C14H21N3O4. The smallest absolute Gasteiger partial charge is 0.352 e. The standard InChI is InChI=1S/C14H21N3O4/c1-9(12(19)16-14(2,3)4)15-11(18)8-17-7-5-6-10(17)13(20)21/h5-7,9H,8H2,1-4H3,(H,15,18)(H,16,19)(H,20,21). The minimum absolute atomic E-state index is 0.0250. The number of carbonyl (C=O) groups excluding carboxylic acids is 2. The second kappa shape index (κ2) is 6.43. The second-order valence-corrected chi connectivity index (χ2v) is 5.85. The molecule has 0 saturated heterocycles. The van der Waals surface area contributed by atoms with Crippen LogP contribution < -0.4 is 10.6 Å². The number of aromatic nitrogens is 1. The molecule has 0 aliphatic rings. The van der Waals surface area contributed by atoms with Crippen molar-refractivity contribution < 1.29 is 19.5 Å². The number of nitrogens with one attached hydrogen (secondary N) is 2. The predicted molar refractivity (Wildman–Crippen MR) is 76.9 cm³/mol.